The van der Waals surface area contributed by atoms with Gasteiger partial charge in [0.2, 0.25) is 0 Å². The molecule has 2 aromatic rings. The number of aliphatic carboxylic acids is 1. The summed E-state index contributed by atoms with van der Waals surface area (Å²) < 4.78 is 0. The molecule has 1 N–H and O–H groups in total. The van der Waals surface area contributed by atoms with Gasteiger partial charge in [-0.25, -0.2) is 9.97 Å². The number of hydrogen-bond donors (Lipinski definition) is 1. The molecule has 0 bridgehead atoms. The first kappa shape index (κ1) is 14.0. The average Bonchev–Trinajstić information content (AvgIpc) is 2.48. The number of hydrogen-bond acceptors (Lipinski definition) is 4. The Morgan fingerprint density at radius 1 is 1.35 bits per heavy atom. The summed E-state index contributed by atoms with van der Waals surface area (Å²) in [7, 11) is 1.84. The Morgan fingerprint density at radius 3 is 2.70 bits per heavy atom. The molecule has 0 amide bonds. The van der Waals surface area contributed by atoms with Crippen molar-refractivity contribution in [3.63, 3.8) is 0 Å². The fourth-order valence-electron chi connectivity index (χ4n) is 2.02. The van der Waals surface area contributed by atoms with Gasteiger partial charge in [0, 0.05) is 25.4 Å². The third kappa shape index (κ3) is 3.12. The van der Waals surface area contributed by atoms with Crippen molar-refractivity contribution in [3.8, 4) is 11.1 Å². The Bertz CT molecular complexity index is 587. The lowest BCUT2D eigenvalue weighted by Crippen LogP contribution is -2.29. The fraction of sp³-hybridized carbons (Fsp3) is 0.267. The van der Waals surface area contributed by atoms with E-state index in [4.69, 9.17) is 5.11 Å². The molecule has 0 aliphatic carbocycles. The number of carboxylic acids is 1. The number of carboxylic acid groups (broad SMARTS) is 1. The maximum atomic E-state index is 11.0. The highest BCUT2D eigenvalue weighted by atomic mass is 16.4. The molecule has 5 nitrogen and oxygen atoms in total. The van der Waals surface area contributed by atoms with Crippen LogP contribution in [-0.2, 0) is 4.79 Å². The molecule has 0 spiro atoms. The lowest BCUT2D eigenvalue weighted by molar-refractivity contribution is -0.140. The van der Waals surface area contributed by atoms with Gasteiger partial charge in [-0.15, -0.1) is 0 Å². The third-order valence-electron chi connectivity index (χ3n) is 3.11. The molecule has 0 aliphatic heterocycles. The molecule has 20 heavy (non-hydrogen) atoms. The molecular formula is C15H17N3O2. The van der Waals surface area contributed by atoms with Crippen LogP contribution in [0, 0.1) is 5.92 Å². The van der Waals surface area contributed by atoms with Crippen molar-refractivity contribution in [1.29, 1.82) is 0 Å². The molecule has 0 aliphatic rings. The van der Waals surface area contributed by atoms with E-state index >= 15 is 0 Å². The molecule has 1 aromatic carbocycles. The number of nitrogens with zero attached hydrogens (tertiary/aromatic N) is 3. The Hall–Kier alpha value is -2.43. The van der Waals surface area contributed by atoms with Crippen molar-refractivity contribution in [3.05, 3.63) is 42.9 Å². The van der Waals surface area contributed by atoms with Gasteiger partial charge in [-0.3, -0.25) is 4.79 Å². The highest BCUT2D eigenvalue weighted by Crippen LogP contribution is 2.27. The molecule has 104 valence electrons. The van der Waals surface area contributed by atoms with Gasteiger partial charge in [-0.2, -0.15) is 0 Å². The summed E-state index contributed by atoms with van der Waals surface area (Å²) in [5, 5.41) is 9.00. The van der Waals surface area contributed by atoms with Crippen LogP contribution in [0.3, 0.4) is 0 Å². The van der Waals surface area contributed by atoms with Crippen LogP contribution in [0.4, 0.5) is 5.82 Å². The SMILES string of the molecule is C[C@@H](CN(C)c1ncncc1-c1ccccc1)C(=O)O. The van der Waals surface area contributed by atoms with Gasteiger partial charge in [0.15, 0.2) is 0 Å². The van der Waals surface area contributed by atoms with Gasteiger partial charge in [-0.05, 0) is 5.56 Å². The lowest BCUT2D eigenvalue weighted by Gasteiger charge is -2.22. The lowest BCUT2D eigenvalue weighted by atomic mass is 10.1. The van der Waals surface area contributed by atoms with Crippen molar-refractivity contribution in [2.24, 2.45) is 5.92 Å². The zero-order valence-corrected chi connectivity index (χ0v) is 11.5. The zero-order valence-electron chi connectivity index (χ0n) is 11.5. The first-order chi connectivity index (χ1) is 9.59. The number of carbonyl (C=O) groups is 1. The van der Waals surface area contributed by atoms with E-state index in [1.165, 1.54) is 6.33 Å². The van der Waals surface area contributed by atoms with Crippen molar-refractivity contribution in [2.75, 3.05) is 18.5 Å². The molecule has 0 saturated heterocycles. The predicted octanol–water partition coefficient (Wildman–Crippen LogP) is 2.30. The maximum absolute atomic E-state index is 11.0. The number of benzene rings is 1. The normalized spacial score (nSPS) is 11.9. The number of aromatic nitrogens is 2. The first-order valence-electron chi connectivity index (χ1n) is 6.39. The maximum Gasteiger partial charge on any atom is 0.308 e. The second-order valence-corrected chi connectivity index (χ2v) is 4.75. The van der Waals surface area contributed by atoms with Crippen LogP contribution in [0.15, 0.2) is 42.9 Å². The van der Waals surface area contributed by atoms with Crippen molar-refractivity contribution in [2.45, 2.75) is 6.92 Å². The fourth-order valence-corrected chi connectivity index (χ4v) is 2.02. The van der Waals surface area contributed by atoms with E-state index in [1.54, 1.807) is 13.1 Å². The van der Waals surface area contributed by atoms with Crippen LogP contribution < -0.4 is 4.90 Å². The highest BCUT2D eigenvalue weighted by Gasteiger charge is 2.17. The summed E-state index contributed by atoms with van der Waals surface area (Å²) in [6.45, 7) is 2.08. The van der Waals surface area contributed by atoms with Gasteiger partial charge in [0.1, 0.15) is 12.1 Å². The second-order valence-electron chi connectivity index (χ2n) is 4.75. The molecule has 2 rings (SSSR count). The monoisotopic (exact) mass is 271 g/mol. The second kappa shape index (κ2) is 6.14. The minimum Gasteiger partial charge on any atom is -0.481 e. The summed E-state index contributed by atoms with van der Waals surface area (Å²) in [6.07, 6.45) is 3.23. The van der Waals surface area contributed by atoms with Crippen LogP contribution >= 0.6 is 0 Å². The van der Waals surface area contributed by atoms with Crippen molar-refractivity contribution >= 4 is 11.8 Å². The molecule has 1 atom stereocenters. The van der Waals surface area contributed by atoms with E-state index in [0.717, 1.165) is 16.9 Å². The van der Waals surface area contributed by atoms with E-state index in [0.29, 0.717) is 6.54 Å². The van der Waals surface area contributed by atoms with E-state index < -0.39 is 11.9 Å². The van der Waals surface area contributed by atoms with Crippen LogP contribution in [0.5, 0.6) is 0 Å². The van der Waals surface area contributed by atoms with Crippen LogP contribution in [0.1, 0.15) is 6.92 Å². The minimum atomic E-state index is -0.813. The smallest absolute Gasteiger partial charge is 0.308 e. The van der Waals surface area contributed by atoms with Crippen molar-refractivity contribution < 1.29 is 9.90 Å². The molecular weight excluding hydrogens is 254 g/mol. The molecule has 0 radical (unpaired) electrons. The van der Waals surface area contributed by atoms with Gasteiger partial charge in [0.25, 0.3) is 0 Å². The molecule has 0 fully saturated rings. The summed E-state index contributed by atoms with van der Waals surface area (Å²) in [4.78, 5) is 21.2. The summed E-state index contributed by atoms with van der Waals surface area (Å²) in [5.41, 5.74) is 1.91. The molecule has 0 saturated carbocycles. The van der Waals surface area contributed by atoms with E-state index in [1.807, 2.05) is 42.3 Å². The summed E-state index contributed by atoms with van der Waals surface area (Å²) in [5.74, 6) is -0.537. The van der Waals surface area contributed by atoms with Gasteiger partial charge in [-0.1, -0.05) is 37.3 Å². The molecule has 5 heteroatoms. The predicted molar refractivity (Wildman–Crippen MR) is 77.5 cm³/mol. The number of rotatable bonds is 5. The number of anilines is 1. The molecule has 1 heterocycles. The zero-order chi connectivity index (χ0) is 14.5. The standard InChI is InChI=1S/C15H17N3O2/c1-11(15(19)20)9-18(2)14-13(8-16-10-17-14)12-6-4-3-5-7-12/h3-8,10-11H,9H2,1-2H3,(H,19,20)/t11-/m0/s1. The Morgan fingerprint density at radius 2 is 2.05 bits per heavy atom. The largest absolute Gasteiger partial charge is 0.481 e. The van der Waals surface area contributed by atoms with Gasteiger partial charge in [0.05, 0.1) is 5.92 Å². The van der Waals surface area contributed by atoms with Crippen LogP contribution in [-0.4, -0.2) is 34.6 Å². The summed E-state index contributed by atoms with van der Waals surface area (Å²) in [6, 6.07) is 9.81. The minimum absolute atomic E-state index is 0.395. The summed E-state index contributed by atoms with van der Waals surface area (Å²) >= 11 is 0. The topological polar surface area (TPSA) is 66.3 Å². The Kier molecular flexibility index (Phi) is 4.30. The highest BCUT2D eigenvalue weighted by molar-refractivity contribution is 5.75. The molecule has 1 aromatic heterocycles. The third-order valence-corrected chi connectivity index (χ3v) is 3.11. The van der Waals surface area contributed by atoms with Crippen molar-refractivity contribution in [1.82, 2.24) is 9.97 Å². The van der Waals surface area contributed by atoms with Crippen LogP contribution in [0.25, 0.3) is 11.1 Å². The quantitative estimate of drug-likeness (QED) is 0.903. The van der Waals surface area contributed by atoms with E-state index in [2.05, 4.69) is 9.97 Å². The van der Waals surface area contributed by atoms with E-state index in [9.17, 15) is 4.79 Å². The Labute approximate surface area is 117 Å². The van der Waals surface area contributed by atoms with E-state index in [-0.39, 0.29) is 0 Å². The Balaban J connectivity index is 2.31. The van der Waals surface area contributed by atoms with Crippen LogP contribution in [0.2, 0.25) is 0 Å². The average molecular weight is 271 g/mol. The van der Waals surface area contributed by atoms with Gasteiger partial charge < -0.3 is 10.0 Å². The first-order valence-corrected chi connectivity index (χ1v) is 6.39. The molecule has 0 unspecified atom stereocenters. The van der Waals surface area contributed by atoms with Gasteiger partial charge >= 0.3 is 5.97 Å².